The molecule has 0 amide bonds. The minimum absolute atomic E-state index is 0.211. The topological polar surface area (TPSA) is 21.3 Å². The Bertz CT molecular complexity index is 594. The van der Waals surface area contributed by atoms with Gasteiger partial charge in [0.05, 0.1) is 11.6 Å². The smallest absolute Gasteiger partial charge is 0.128 e. The van der Waals surface area contributed by atoms with E-state index in [4.69, 9.17) is 16.3 Å². The van der Waals surface area contributed by atoms with Crippen LogP contribution >= 0.6 is 23.4 Å². The van der Waals surface area contributed by atoms with Crippen LogP contribution in [0.15, 0.2) is 52.3 Å². The maximum atomic E-state index is 14.0. The van der Waals surface area contributed by atoms with E-state index in [9.17, 15) is 4.39 Å². The highest BCUT2D eigenvalue weighted by molar-refractivity contribution is 7.99. The van der Waals surface area contributed by atoms with Crippen molar-refractivity contribution >= 4 is 23.4 Å². The van der Waals surface area contributed by atoms with Crippen molar-refractivity contribution in [3.8, 4) is 0 Å². The molecule has 2 nitrogen and oxygen atoms in total. The van der Waals surface area contributed by atoms with Crippen molar-refractivity contribution < 1.29 is 9.13 Å². The molecule has 0 aliphatic carbocycles. The van der Waals surface area contributed by atoms with Gasteiger partial charge in [0.25, 0.3) is 0 Å². The van der Waals surface area contributed by atoms with E-state index >= 15 is 0 Å². The summed E-state index contributed by atoms with van der Waals surface area (Å²) in [7, 11) is 1.64. The summed E-state index contributed by atoms with van der Waals surface area (Å²) in [6.07, 6.45) is 0. The molecule has 112 valence electrons. The molecule has 0 saturated carbocycles. The summed E-state index contributed by atoms with van der Waals surface area (Å²) < 4.78 is 19.0. The predicted octanol–water partition coefficient (Wildman–Crippen LogP) is 4.37. The summed E-state index contributed by atoms with van der Waals surface area (Å²) >= 11 is 7.64. The fourth-order valence-corrected chi connectivity index (χ4v) is 3.08. The average molecular weight is 326 g/mol. The van der Waals surface area contributed by atoms with Crippen LogP contribution in [0.1, 0.15) is 5.56 Å². The zero-order valence-electron chi connectivity index (χ0n) is 11.7. The molecule has 0 atom stereocenters. The molecule has 0 heterocycles. The third kappa shape index (κ3) is 4.71. The quantitative estimate of drug-likeness (QED) is 0.764. The maximum absolute atomic E-state index is 14.0. The molecule has 2 rings (SSSR count). The highest BCUT2D eigenvalue weighted by atomic mass is 35.5. The molecule has 0 radical (unpaired) electrons. The molecular formula is C16H17ClFNOS. The largest absolute Gasteiger partial charge is 0.383 e. The lowest BCUT2D eigenvalue weighted by Gasteiger charge is -2.12. The average Bonchev–Trinajstić information content (AvgIpc) is 2.48. The van der Waals surface area contributed by atoms with E-state index in [0.717, 1.165) is 9.79 Å². The van der Waals surface area contributed by atoms with Crippen molar-refractivity contribution in [2.75, 3.05) is 20.3 Å². The molecule has 1 N–H and O–H groups in total. The van der Waals surface area contributed by atoms with E-state index in [1.165, 1.54) is 17.8 Å². The zero-order valence-corrected chi connectivity index (χ0v) is 13.3. The lowest BCUT2D eigenvalue weighted by atomic mass is 10.2. The Hall–Kier alpha value is -1.07. The van der Waals surface area contributed by atoms with Crippen LogP contribution in [0.3, 0.4) is 0 Å². The first-order chi connectivity index (χ1) is 10.2. The van der Waals surface area contributed by atoms with Crippen molar-refractivity contribution in [2.45, 2.75) is 16.3 Å². The number of halogens is 2. The molecule has 0 unspecified atom stereocenters. The second-order valence-electron chi connectivity index (χ2n) is 4.42. The van der Waals surface area contributed by atoms with E-state index in [2.05, 4.69) is 5.32 Å². The summed E-state index contributed by atoms with van der Waals surface area (Å²) in [6, 6.07) is 12.7. The first-order valence-electron chi connectivity index (χ1n) is 6.62. The number of ether oxygens (including phenoxy) is 1. The summed E-state index contributed by atoms with van der Waals surface area (Å²) in [5.74, 6) is -0.211. The first-order valence-corrected chi connectivity index (χ1v) is 7.81. The molecular weight excluding hydrogens is 309 g/mol. The predicted molar refractivity (Wildman–Crippen MR) is 85.6 cm³/mol. The van der Waals surface area contributed by atoms with Gasteiger partial charge in [-0.3, -0.25) is 0 Å². The van der Waals surface area contributed by atoms with E-state index in [1.54, 1.807) is 13.2 Å². The molecule has 5 heteroatoms. The summed E-state index contributed by atoms with van der Waals surface area (Å²) in [4.78, 5) is 1.79. The van der Waals surface area contributed by atoms with Crippen LogP contribution in [-0.2, 0) is 11.3 Å². The molecule has 2 aromatic carbocycles. The number of hydrogen-bond acceptors (Lipinski definition) is 3. The van der Waals surface area contributed by atoms with Crippen molar-refractivity contribution in [2.24, 2.45) is 0 Å². The number of hydrogen-bond donors (Lipinski definition) is 1. The van der Waals surface area contributed by atoms with E-state index in [1.807, 2.05) is 30.3 Å². The summed E-state index contributed by atoms with van der Waals surface area (Å²) in [5.41, 5.74) is 0.651. The molecule has 0 aliphatic rings. The molecule has 0 fully saturated rings. The van der Waals surface area contributed by atoms with Crippen LogP contribution in [0.5, 0.6) is 0 Å². The van der Waals surface area contributed by atoms with Gasteiger partial charge in [-0.2, -0.15) is 0 Å². The standard InChI is InChI=1S/C16H17ClFNOS/c1-20-10-9-19-11-12-14(18)6-4-8-15(12)21-16-7-3-2-5-13(16)17/h2-8,19H,9-11H2,1H3. The number of benzene rings is 2. The van der Waals surface area contributed by atoms with Gasteiger partial charge in [-0.1, -0.05) is 41.6 Å². The van der Waals surface area contributed by atoms with Gasteiger partial charge in [-0.05, 0) is 24.3 Å². The lowest BCUT2D eigenvalue weighted by Crippen LogP contribution is -2.19. The third-order valence-electron chi connectivity index (χ3n) is 2.92. The molecule has 0 saturated heterocycles. The van der Waals surface area contributed by atoms with Crippen LogP contribution in [0.25, 0.3) is 0 Å². The molecule has 0 bridgehead atoms. The summed E-state index contributed by atoms with van der Waals surface area (Å²) in [5, 5.41) is 3.84. The minimum Gasteiger partial charge on any atom is -0.383 e. The van der Waals surface area contributed by atoms with Gasteiger partial charge in [0.15, 0.2) is 0 Å². The monoisotopic (exact) mass is 325 g/mol. The number of nitrogens with one attached hydrogen (secondary N) is 1. The minimum atomic E-state index is -0.211. The normalized spacial score (nSPS) is 10.8. The summed E-state index contributed by atoms with van der Waals surface area (Å²) in [6.45, 7) is 1.74. The van der Waals surface area contributed by atoms with Crippen molar-refractivity contribution in [3.63, 3.8) is 0 Å². The van der Waals surface area contributed by atoms with Crippen LogP contribution in [0, 0.1) is 5.82 Å². The highest BCUT2D eigenvalue weighted by Gasteiger charge is 2.11. The van der Waals surface area contributed by atoms with Gasteiger partial charge < -0.3 is 10.1 Å². The molecule has 0 aromatic heterocycles. The van der Waals surface area contributed by atoms with Gasteiger partial charge in [-0.25, -0.2) is 4.39 Å². The van der Waals surface area contributed by atoms with Gasteiger partial charge in [0.2, 0.25) is 0 Å². The maximum Gasteiger partial charge on any atom is 0.128 e. The Morgan fingerprint density at radius 3 is 2.67 bits per heavy atom. The molecule has 0 spiro atoms. The fourth-order valence-electron chi connectivity index (χ4n) is 1.84. The SMILES string of the molecule is COCCNCc1c(F)cccc1Sc1ccccc1Cl. The number of rotatable bonds is 7. The Morgan fingerprint density at radius 2 is 1.90 bits per heavy atom. The van der Waals surface area contributed by atoms with Crippen LogP contribution in [-0.4, -0.2) is 20.3 Å². The van der Waals surface area contributed by atoms with Gasteiger partial charge in [0.1, 0.15) is 5.82 Å². The Morgan fingerprint density at radius 1 is 1.14 bits per heavy atom. The van der Waals surface area contributed by atoms with Crippen molar-refractivity contribution in [1.82, 2.24) is 5.32 Å². The molecule has 21 heavy (non-hydrogen) atoms. The lowest BCUT2D eigenvalue weighted by molar-refractivity contribution is 0.199. The third-order valence-corrected chi connectivity index (χ3v) is 4.54. The van der Waals surface area contributed by atoms with E-state index in [0.29, 0.717) is 30.3 Å². The second-order valence-corrected chi connectivity index (χ2v) is 5.91. The molecule has 2 aromatic rings. The van der Waals surface area contributed by atoms with Crippen LogP contribution in [0.2, 0.25) is 5.02 Å². The Labute approximate surface area is 133 Å². The van der Waals surface area contributed by atoms with Crippen LogP contribution < -0.4 is 5.32 Å². The fraction of sp³-hybridized carbons (Fsp3) is 0.250. The Balaban J connectivity index is 2.15. The van der Waals surface area contributed by atoms with E-state index < -0.39 is 0 Å². The van der Waals surface area contributed by atoms with E-state index in [-0.39, 0.29) is 5.82 Å². The van der Waals surface area contributed by atoms with Gasteiger partial charge in [0, 0.05) is 35.6 Å². The van der Waals surface area contributed by atoms with Crippen molar-refractivity contribution in [1.29, 1.82) is 0 Å². The van der Waals surface area contributed by atoms with Gasteiger partial charge >= 0.3 is 0 Å². The van der Waals surface area contributed by atoms with Gasteiger partial charge in [-0.15, -0.1) is 0 Å². The second kappa shape index (κ2) is 8.39. The van der Waals surface area contributed by atoms with Crippen molar-refractivity contribution in [3.05, 3.63) is 58.9 Å². The zero-order chi connectivity index (χ0) is 15.1. The van der Waals surface area contributed by atoms with Crippen LogP contribution in [0.4, 0.5) is 4.39 Å². The first kappa shape index (κ1) is 16.3. The highest BCUT2D eigenvalue weighted by Crippen LogP contribution is 2.35. The number of methoxy groups -OCH3 is 1. The molecule has 0 aliphatic heterocycles. The Kier molecular flexibility index (Phi) is 6.51.